The van der Waals surface area contributed by atoms with Gasteiger partial charge in [0.1, 0.15) is 5.84 Å². The Hall–Kier alpha value is -0.440. The van der Waals surface area contributed by atoms with E-state index in [2.05, 4.69) is 35.2 Å². The van der Waals surface area contributed by atoms with Crippen molar-refractivity contribution in [1.82, 2.24) is 4.90 Å². The highest BCUT2D eigenvalue weighted by molar-refractivity contribution is 7.98. The van der Waals surface area contributed by atoms with Gasteiger partial charge in [-0.3, -0.25) is 4.99 Å². The van der Waals surface area contributed by atoms with Gasteiger partial charge in [0.15, 0.2) is 0 Å². The third-order valence-corrected chi connectivity index (χ3v) is 3.59. The van der Waals surface area contributed by atoms with E-state index in [1.54, 1.807) is 0 Å². The van der Waals surface area contributed by atoms with E-state index in [4.69, 9.17) is 0 Å². The number of hydrogen-bond donors (Lipinski definition) is 0. The molecule has 0 radical (unpaired) electrons. The maximum Gasteiger partial charge on any atom is 0.122 e. The molecule has 0 aromatic rings. The van der Waals surface area contributed by atoms with Crippen molar-refractivity contribution in [2.45, 2.75) is 19.8 Å². The van der Waals surface area contributed by atoms with Crippen molar-refractivity contribution in [1.29, 1.82) is 0 Å². The first-order chi connectivity index (χ1) is 7.31. The number of likely N-dealkylation sites (tertiary alicyclic amines) is 1. The van der Waals surface area contributed by atoms with Crippen LogP contribution in [0.15, 0.2) is 17.1 Å². The quantitative estimate of drug-likeness (QED) is 0.543. The summed E-state index contributed by atoms with van der Waals surface area (Å²) in [5.74, 6) is 3.27. The van der Waals surface area contributed by atoms with Gasteiger partial charge in [0.2, 0.25) is 0 Å². The lowest BCUT2D eigenvalue weighted by atomic mass is 10.00. The molecular weight excluding hydrogens is 204 g/mol. The summed E-state index contributed by atoms with van der Waals surface area (Å²) in [6, 6.07) is 0. The molecule has 0 aromatic heterocycles. The molecule has 0 N–H and O–H groups in total. The summed E-state index contributed by atoms with van der Waals surface area (Å²) >= 11 is 1.96. The van der Waals surface area contributed by atoms with Crippen LogP contribution < -0.4 is 0 Å². The normalized spacial score (nSPS) is 23.8. The molecule has 0 bridgehead atoms. The second-order valence-corrected chi connectivity index (χ2v) is 4.90. The number of nitrogens with zero attached hydrogens (tertiary/aromatic N) is 2. The summed E-state index contributed by atoms with van der Waals surface area (Å²) in [5.41, 5.74) is 0. The van der Waals surface area contributed by atoms with Gasteiger partial charge in [0, 0.05) is 20.1 Å². The average Bonchev–Trinajstić information content (AvgIpc) is 2.27. The highest BCUT2D eigenvalue weighted by Gasteiger charge is 2.20. The average molecular weight is 226 g/mol. The first-order valence-electron chi connectivity index (χ1n) is 5.65. The molecule has 1 fully saturated rings. The minimum atomic E-state index is 0.843. The molecule has 86 valence electrons. The second kappa shape index (κ2) is 6.94. The fourth-order valence-corrected chi connectivity index (χ4v) is 2.86. The van der Waals surface area contributed by atoms with Crippen molar-refractivity contribution in [2.24, 2.45) is 10.9 Å². The fourth-order valence-electron chi connectivity index (χ4n) is 2.12. The van der Waals surface area contributed by atoms with E-state index in [0.717, 1.165) is 11.8 Å². The lowest BCUT2D eigenvalue weighted by Gasteiger charge is -2.33. The Labute approximate surface area is 97.8 Å². The van der Waals surface area contributed by atoms with Crippen LogP contribution in [0.25, 0.3) is 0 Å². The van der Waals surface area contributed by atoms with Gasteiger partial charge in [-0.25, -0.2) is 0 Å². The highest BCUT2D eigenvalue weighted by Crippen LogP contribution is 2.20. The number of piperidine rings is 1. The van der Waals surface area contributed by atoms with Gasteiger partial charge in [-0.1, -0.05) is 6.08 Å². The monoisotopic (exact) mass is 226 g/mol. The number of aliphatic imine (C=N–C) groups is 1. The van der Waals surface area contributed by atoms with Crippen LogP contribution in [0.3, 0.4) is 0 Å². The molecular formula is C12H22N2S. The topological polar surface area (TPSA) is 15.6 Å². The zero-order valence-electron chi connectivity index (χ0n) is 10.1. The van der Waals surface area contributed by atoms with Crippen LogP contribution in [0.4, 0.5) is 0 Å². The van der Waals surface area contributed by atoms with Crippen LogP contribution in [0, 0.1) is 5.92 Å². The molecule has 1 heterocycles. The molecule has 1 unspecified atom stereocenters. The van der Waals surface area contributed by atoms with Gasteiger partial charge in [0.25, 0.3) is 0 Å². The Bertz CT molecular complexity index is 234. The van der Waals surface area contributed by atoms with E-state index < -0.39 is 0 Å². The van der Waals surface area contributed by atoms with Crippen LogP contribution in [0.2, 0.25) is 0 Å². The Kier molecular flexibility index (Phi) is 5.84. The highest BCUT2D eigenvalue weighted by atomic mass is 32.2. The Balaban J connectivity index is 2.54. The van der Waals surface area contributed by atoms with Gasteiger partial charge in [-0.05, 0) is 43.8 Å². The SMILES string of the molecule is C/C=C\C(=NC)N1CCCC(CSC)C1. The van der Waals surface area contributed by atoms with Crippen LogP contribution >= 0.6 is 11.8 Å². The number of thioether (sulfide) groups is 1. The van der Waals surface area contributed by atoms with Gasteiger partial charge in [0.05, 0.1) is 0 Å². The first-order valence-corrected chi connectivity index (χ1v) is 7.04. The number of hydrogen-bond acceptors (Lipinski definition) is 2. The summed E-state index contributed by atoms with van der Waals surface area (Å²) in [6.07, 6.45) is 9.06. The van der Waals surface area contributed by atoms with E-state index in [-0.39, 0.29) is 0 Å². The predicted molar refractivity (Wildman–Crippen MR) is 70.9 cm³/mol. The number of allylic oxidation sites excluding steroid dienone is 1. The van der Waals surface area contributed by atoms with Gasteiger partial charge in [-0.15, -0.1) is 0 Å². The molecule has 0 aromatic carbocycles. The molecule has 0 aliphatic carbocycles. The van der Waals surface area contributed by atoms with Crippen molar-refractivity contribution in [3.8, 4) is 0 Å². The molecule has 0 saturated carbocycles. The lowest BCUT2D eigenvalue weighted by molar-refractivity contribution is 0.277. The minimum absolute atomic E-state index is 0.843. The molecule has 0 amide bonds. The standard InChI is InChI=1S/C12H22N2S/c1-4-6-12(13-2)14-8-5-7-11(9-14)10-15-3/h4,6,11H,5,7-10H2,1-3H3/b6-4-,13-12?. The van der Waals surface area contributed by atoms with Crippen molar-refractivity contribution < 1.29 is 0 Å². The fraction of sp³-hybridized carbons (Fsp3) is 0.750. The van der Waals surface area contributed by atoms with Crippen LogP contribution in [0.1, 0.15) is 19.8 Å². The molecule has 15 heavy (non-hydrogen) atoms. The number of amidine groups is 1. The summed E-state index contributed by atoms with van der Waals surface area (Å²) in [5, 5.41) is 0. The maximum atomic E-state index is 4.34. The Morgan fingerprint density at radius 1 is 1.60 bits per heavy atom. The Morgan fingerprint density at radius 2 is 2.40 bits per heavy atom. The van der Waals surface area contributed by atoms with Crippen molar-refractivity contribution >= 4 is 17.6 Å². The largest absolute Gasteiger partial charge is 0.357 e. The summed E-state index contributed by atoms with van der Waals surface area (Å²) in [7, 11) is 1.88. The van der Waals surface area contributed by atoms with E-state index in [1.807, 2.05) is 18.8 Å². The van der Waals surface area contributed by atoms with E-state index in [9.17, 15) is 0 Å². The summed E-state index contributed by atoms with van der Waals surface area (Å²) < 4.78 is 0. The molecule has 1 rings (SSSR count). The third kappa shape index (κ3) is 3.90. The maximum absolute atomic E-state index is 4.34. The minimum Gasteiger partial charge on any atom is -0.357 e. The molecule has 0 spiro atoms. The zero-order chi connectivity index (χ0) is 11.1. The van der Waals surface area contributed by atoms with Gasteiger partial charge >= 0.3 is 0 Å². The van der Waals surface area contributed by atoms with Crippen LogP contribution in [-0.2, 0) is 0 Å². The number of rotatable bonds is 3. The smallest absolute Gasteiger partial charge is 0.122 e. The lowest BCUT2D eigenvalue weighted by Crippen LogP contribution is -2.39. The first kappa shape index (κ1) is 12.6. The molecule has 2 nitrogen and oxygen atoms in total. The summed E-state index contributed by atoms with van der Waals surface area (Å²) in [6.45, 7) is 4.40. The second-order valence-electron chi connectivity index (χ2n) is 3.99. The molecule has 1 atom stereocenters. The van der Waals surface area contributed by atoms with Crippen LogP contribution in [0.5, 0.6) is 0 Å². The molecule has 1 aliphatic heterocycles. The van der Waals surface area contributed by atoms with E-state index in [0.29, 0.717) is 0 Å². The predicted octanol–water partition coefficient (Wildman–Crippen LogP) is 2.67. The van der Waals surface area contributed by atoms with Gasteiger partial charge in [-0.2, -0.15) is 11.8 Å². The van der Waals surface area contributed by atoms with Crippen molar-refractivity contribution in [2.75, 3.05) is 32.1 Å². The van der Waals surface area contributed by atoms with Crippen molar-refractivity contribution in [3.63, 3.8) is 0 Å². The van der Waals surface area contributed by atoms with Crippen LogP contribution in [-0.4, -0.2) is 42.9 Å². The molecule has 1 aliphatic rings. The van der Waals surface area contributed by atoms with Gasteiger partial charge < -0.3 is 4.90 Å². The van der Waals surface area contributed by atoms with E-state index >= 15 is 0 Å². The third-order valence-electron chi connectivity index (χ3n) is 2.79. The summed E-state index contributed by atoms with van der Waals surface area (Å²) in [4.78, 5) is 6.77. The molecule has 1 saturated heterocycles. The van der Waals surface area contributed by atoms with Crippen molar-refractivity contribution in [3.05, 3.63) is 12.2 Å². The zero-order valence-corrected chi connectivity index (χ0v) is 10.9. The van der Waals surface area contributed by atoms with E-state index in [1.165, 1.54) is 31.7 Å². The molecule has 3 heteroatoms. The Morgan fingerprint density at radius 3 is 3.00 bits per heavy atom.